The molecule has 198 valence electrons. The fourth-order valence-corrected chi connectivity index (χ4v) is 4.66. The summed E-state index contributed by atoms with van der Waals surface area (Å²) in [5, 5.41) is 5.15. The smallest absolute Gasteiger partial charge is 0.253 e. The molecule has 0 saturated heterocycles. The van der Waals surface area contributed by atoms with Crippen molar-refractivity contribution in [2.45, 2.75) is 39.2 Å². The van der Waals surface area contributed by atoms with E-state index in [1.165, 1.54) is 31.8 Å². The van der Waals surface area contributed by atoms with Crippen LogP contribution in [0.3, 0.4) is 0 Å². The molecular formula is C26H32F2N4O4Si. The number of hydrogen-bond acceptors (Lipinski definition) is 5. The van der Waals surface area contributed by atoms with Crippen molar-refractivity contribution in [2.75, 3.05) is 19.0 Å². The van der Waals surface area contributed by atoms with E-state index in [0.717, 1.165) is 22.3 Å². The van der Waals surface area contributed by atoms with Crippen LogP contribution < -0.4 is 21.4 Å². The van der Waals surface area contributed by atoms with E-state index in [4.69, 9.17) is 4.74 Å². The molecule has 0 radical (unpaired) electrons. The summed E-state index contributed by atoms with van der Waals surface area (Å²) in [6.07, 6.45) is 7.45. The maximum atomic E-state index is 14.8. The summed E-state index contributed by atoms with van der Waals surface area (Å²) in [4.78, 5) is 41.6. The number of amides is 2. The number of ether oxygens (including phenoxy) is 1. The van der Waals surface area contributed by atoms with Gasteiger partial charge in [0.2, 0.25) is 5.91 Å². The molecule has 0 fully saturated rings. The number of carbonyl (C=O) groups excluding carboxylic acids is 2. The number of rotatable bonds is 11. The number of carbonyl (C=O) groups is 2. The quantitative estimate of drug-likeness (QED) is 0.344. The van der Waals surface area contributed by atoms with Crippen LogP contribution in [-0.4, -0.2) is 49.2 Å². The maximum absolute atomic E-state index is 14.8. The molecule has 2 N–H and O–H groups in total. The zero-order chi connectivity index (χ0) is 27.8. The zero-order valence-electron chi connectivity index (χ0n) is 21.6. The molecule has 2 rings (SSSR count). The summed E-state index contributed by atoms with van der Waals surface area (Å²) < 4.78 is 35.7. The Morgan fingerprint density at radius 3 is 2.51 bits per heavy atom. The van der Waals surface area contributed by atoms with Crippen molar-refractivity contribution in [3.8, 4) is 0 Å². The van der Waals surface area contributed by atoms with Crippen LogP contribution in [0.4, 0.5) is 14.5 Å². The highest BCUT2D eigenvalue weighted by molar-refractivity contribution is 6.88. The molecule has 0 unspecified atom stereocenters. The highest BCUT2D eigenvalue weighted by atomic mass is 28.3. The van der Waals surface area contributed by atoms with Crippen LogP contribution in [0.15, 0.2) is 71.5 Å². The van der Waals surface area contributed by atoms with E-state index in [1.807, 2.05) is 19.6 Å². The number of nitrogens with one attached hydrogen (secondary N) is 2. The molecule has 0 aliphatic carbocycles. The van der Waals surface area contributed by atoms with Gasteiger partial charge in [-0.05, 0) is 29.3 Å². The van der Waals surface area contributed by atoms with Gasteiger partial charge in [0.05, 0.1) is 26.7 Å². The van der Waals surface area contributed by atoms with Crippen molar-refractivity contribution in [1.82, 2.24) is 14.9 Å². The molecule has 0 bridgehead atoms. The SMILES string of the molecule is C=C(/C=C\C(=C/C)COC)[C@@H](NC(=O)Cn1cnccc1=O)C(=O)Nc1cc(F)c([Si](C)(C)C)cc1F. The van der Waals surface area contributed by atoms with Crippen molar-refractivity contribution in [1.29, 1.82) is 0 Å². The minimum atomic E-state index is -2.16. The molecule has 37 heavy (non-hydrogen) atoms. The molecule has 1 aromatic carbocycles. The molecule has 1 heterocycles. The number of aromatic nitrogens is 2. The first kappa shape index (κ1) is 29.5. The predicted molar refractivity (Wildman–Crippen MR) is 142 cm³/mol. The van der Waals surface area contributed by atoms with Crippen LogP contribution in [0.1, 0.15) is 6.92 Å². The van der Waals surface area contributed by atoms with Gasteiger partial charge in [0.15, 0.2) is 0 Å². The normalized spacial score (nSPS) is 12.9. The Hall–Kier alpha value is -3.70. The van der Waals surface area contributed by atoms with Crippen LogP contribution in [0.5, 0.6) is 0 Å². The summed E-state index contributed by atoms with van der Waals surface area (Å²) in [7, 11) is -0.632. The molecule has 1 atom stereocenters. The highest BCUT2D eigenvalue weighted by Gasteiger charge is 2.27. The van der Waals surface area contributed by atoms with E-state index in [-0.39, 0.29) is 11.3 Å². The van der Waals surface area contributed by atoms with Crippen LogP contribution in [0, 0.1) is 11.6 Å². The van der Waals surface area contributed by atoms with Crippen molar-refractivity contribution in [3.05, 3.63) is 88.7 Å². The van der Waals surface area contributed by atoms with Gasteiger partial charge in [0.25, 0.3) is 11.5 Å². The van der Waals surface area contributed by atoms with Crippen LogP contribution >= 0.6 is 0 Å². The van der Waals surface area contributed by atoms with Crippen molar-refractivity contribution in [3.63, 3.8) is 0 Å². The Morgan fingerprint density at radius 1 is 1.22 bits per heavy atom. The largest absolute Gasteiger partial charge is 0.380 e. The van der Waals surface area contributed by atoms with Gasteiger partial charge < -0.3 is 15.4 Å². The summed E-state index contributed by atoms with van der Waals surface area (Å²) in [6, 6.07) is 1.87. The summed E-state index contributed by atoms with van der Waals surface area (Å²) >= 11 is 0. The third-order valence-electron chi connectivity index (χ3n) is 5.36. The number of benzene rings is 1. The second-order valence-electron chi connectivity index (χ2n) is 9.30. The summed E-state index contributed by atoms with van der Waals surface area (Å²) in [5.74, 6) is -2.94. The highest BCUT2D eigenvalue weighted by Crippen LogP contribution is 2.18. The summed E-state index contributed by atoms with van der Waals surface area (Å²) in [6.45, 7) is 11.2. The standard InChI is InChI=1S/C26H32F2N4O4Si/c1-7-18(15-36-3)9-8-17(2)25(31-23(33)14-32-16-29-11-10-24(32)34)26(35)30-21-12-20(28)22(13-19(21)27)37(4,5)6/h7-13,16,25H,2,14-15H2,1,3-6H3,(H,30,35)(H,31,33)/b9-8-,18-7+/t25-/m1/s1. The number of methoxy groups -OCH3 is 1. The summed E-state index contributed by atoms with van der Waals surface area (Å²) in [5.41, 5.74) is 0.130. The second-order valence-corrected chi connectivity index (χ2v) is 14.3. The zero-order valence-corrected chi connectivity index (χ0v) is 22.6. The van der Waals surface area contributed by atoms with Crippen molar-refractivity contribution in [2.24, 2.45) is 0 Å². The molecule has 0 aliphatic rings. The van der Waals surface area contributed by atoms with E-state index < -0.39 is 49.7 Å². The lowest BCUT2D eigenvalue weighted by Gasteiger charge is -2.21. The fraction of sp³-hybridized carbons (Fsp3) is 0.308. The predicted octanol–water partition coefficient (Wildman–Crippen LogP) is 2.90. The minimum Gasteiger partial charge on any atom is -0.380 e. The van der Waals surface area contributed by atoms with Gasteiger partial charge in [-0.2, -0.15) is 0 Å². The van der Waals surface area contributed by atoms with Crippen LogP contribution in [0.25, 0.3) is 0 Å². The van der Waals surface area contributed by atoms with E-state index in [9.17, 15) is 23.2 Å². The number of anilines is 1. The topological polar surface area (TPSA) is 102 Å². The third kappa shape index (κ3) is 8.43. The van der Waals surface area contributed by atoms with Gasteiger partial charge in [0.1, 0.15) is 24.2 Å². The lowest BCUT2D eigenvalue weighted by molar-refractivity contribution is -0.126. The molecule has 0 spiro atoms. The van der Waals surface area contributed by atoms with Gasteiger partial charge in [-0.15, -0.1) is 0 Å². The number of halogens is 2. The average Bonchev–Trinajstić information content (AvgIpc) is 2.82. The fourth-order valence-electron chi connectivity index (χ4n) is 3.31. The Kier molecular flexibility index (Phi) is 10.4. The van der Waals surface area contributed by atoms with Gasteiger partial charge >= 0.3 is 0 Å². The van der Waals surface area contributed by atoms with Gasteiger partial charge in [-0.3, -0.25) is 19.0 Å². The van der Waals surface area contributed by atoms with E-state index in [1.54, 1.807) is 19.1 Å². The lowest BCUT2D eigenvalue weighted by atomic mass is 10.1. The van der Waals surface area contributed by atoms with E-state index in [2.05, 4.69) is 22.2 Å². The Morgan fingerprint density at radius 2 is 1.92 bits per heavy atom. The second kappa shape index (κ2) is 13.0. The molecule has 1 aromatic heterocycles. The minimum absolute atomic E-state index is 0.166. The molecule has 2 aromatic rings. The van der Waals surface area contributed by atoms with Crippen molar-refractivity contribution >= 4 is 30.8 Å². The van der Waals surface area contributed by atoms with Crippen LogP contribution in [0.2, 0.25) is 19.6 Å². The Labute approximate surface area is 215 Å². The molecular weight excluding hydrogens is 498 g/mol. The van der Waals surface area contributed by atoms with Gasteiger partial charge in [0, 0.05) is 25.4 Å². The van der Waals surface area contributed by atoms with E-state index in [0.29, 0.717) is 11.8 Å². The molecule has 2 amide bonds. The number of hydrogen-bond donors (Lipinski definition) is 2. The first-order chi connectivity index (χ1) is 17.4. The third-order valence-corrected chi connectivity index (χ3v) is 7.36. The average molecular weight is 531 g/mol. The number of nitrogens with zero attached hydrogens (tertiary/aromatic N) is 2. The van der Waals surface area contributed by atoms with Crippen LogP contribution in [-0.2, 0) is 20.9 Å². The first-order valence-corrected chi connectivity index (χ1v) is 15.0. The molecule has 0 aliphatic heterocycles. The van der Waals surface area contributed by atoms with Crippen molar-refractivity contribution < 1.29 is 23.1 Å². The monoisotopic (exact) mass is 530 g/mol. The Balaban J connectivity index is 2.34. The van der Waals surface area contributed by atoms with E-state index >= 15 is 0 Å². The molecule has 11 heteroatoms. The number of allylic oxidation sites excluding steroid dienone is 1. The Bertz CT molecular complexity index is 1280. The van der Waals surface area contributed by atoms with Gasteiger partial charge in [-0.25, -0.2) is 13.8 Å². The lowest BCUT2D eigenvalue weighted by Crippen LogP contribution is -2.46. The molecule has 0 saturated carbocycles. The maximum Gasteiger partial charge on any atom is 0.253 e. The molecule has 8 nitrogen and oxygen atoms in total. The van der Waals surface area contributed by atoms with Gasteiger partial charge in [-0.1, -0.05) is 44.4 Å². The first-order valence-electron chi connectivity index (χ1n) is 11.5.